The van der Waals surface area contributed by atoms with Crippen molar-refractivity contribution in [3.63, 3.8) is 0 Å². The molecule has 6 nitrogen and oxygen atoms in total. The Balaban J connectivity index is 1.76. The number of nitrogen functional groups attached to an aromatic ring is 1. The van der Waals surface area contributed by atoms with Crippen LogP contribution in [0.25, 0.3) is 0 Å². The van der Waals surface area contributed by atoms with Crippen molar-refractivity contribution < 1.29 is 4.74 Å². The standard InChI is InChI=1S/C12H19N5O/c1-2-3-7-18-8-6-14-12-16-10(9-4-5-9)15-11(13)17-12/h2,9H,1,3-8H2,(H3,13,14,15,16,17). The quantitative estimate of drug-likeness (QED) is 0.534. The van der Waals surface area contributed by atoms with E-state index in [-0.39, 0.29) is 5.95 Å². The Morgan fingerprint density at radius 3 is 2.89 bits per heavy atom. The molecule has 1 aromatic heterocycles. The van der Waals surface area contributed by atoms with Gasteiger partial charge >= 0.3 is 0 Å². The zero-order valence-electron chi connectivity index (χ0n) is 10.4. The molecule has 1 fully saturated rings. The van der Waals surface area contributed by atoms with Crippen molar-refractivity contribution in [3.8, 4) is 0 Å². The highest BCUT2D eigenvalue weighted by Crippen LogP contribution is 2.38. The maximum absolute atomic E-state index is 5.65. The summed E-state index contributed by atoms with van der Waals surface area (Å²) >= 11 is 0. The van der Waals surface area contributed by atoms with Crippen molar-refractivity contribution in [1.82, 2.24) is 15.0 Å². The Hall–Kier alpha value is -1.69. The molecule has 1 saturated carbocycles. The van der Waals surface area contributed by atoms with Crippen molar-refractivity contribution >= 4 is 11.9 Å². The molecule has 3 N–H and O–H groups in total. The van der Waals surface area contributed by atoms with E-state index in [1.807, 2.05) is 6.08 Å². The van der Waals surface area contributed by atoms with E-state index < -0.39 is 0 Å². The summed E-state index contributed by atoms with van der Waals surface area (Å²) in [6.45, 7) is 5.59. The van der Waals surface area contributed by atoms with Gasteiger partial charge in [0.15, 0.2) is 0 Å². The summed E-state index contributed by atoms with van der Waals surface area (Å²) in [7, 11) is 0. The van der Waals surface area contributed by atoms with Gasteiger partial charge in [-0.05, 0) is 19.3 Å². The molecule has 0 unspecified atom stereocenters. The molecule has 0 aromatic carbocycles. The van der Waals surface area contributed by atoms with E-state index in [4.69, 9.17) is 10.5 Å². The van der Waals surface area contributed by atoms with Gasteiger partial charge in [0.05, 0.1) is 13.2 Å². The first-order valence-electron chi connectivity index (χ1n) is 6.23. The zero-order chi connectivity index (χ0) is 12.8. The second kappa shape index (κ2) is 6.30. The molecule has 0 spiro atoms. The van der Waals surface area contributed by atoms with Crippen LogP contribution in [-0.2, 0) is 4.74 Å². The molecule has 0 amide bonds. The summed E-state index contributed by atoms with van der Waals surface area (Å²) in [5, 5.41) is 3.09. The molecule has 2 rings (SSSR count). The summed E-state index contributed by atoms with van der Waals surface area (Å²) < 4.78 is 5.38. The second-order valence-electron chi connectivity index (χ2n) is 4.27. The van der Waals surface area contributed by atoms with Gasteiger partial charge < -0.3 is 15.8 Å². The highest BCUT2D eigenvalue weighted by Gasteiger charge is 2.27. The van der Waals surface area contributed by atoms with Crippen LogP contribution >= 0.6 is 0 Å². The van der Waals surface area contributed by atoms with Gasteiger partial charge in [-0.3, -0.25) is 0 Å². The molecule has 0 radical (unpaired) electrons. The predicted octanol–water partition coefficient (Wildman–Crippen LogP) is 1.34. The Kier molecular flexibility index (Phi) is 4.46. The number of nitrogens with two attached hydrogens (primary N) is 1. The van der Waals surface area contributed by atoms with Crippen molar-refractivity contribution in [2.75, 3.05) is 30.8 Å². The van der Waals surface area contributed by atoms with E-state index in [0.717, 1.165) is 25.1 Å². The smallest absolute Gasteiger partial charge is 0.227 e. The zero-order valence-corrected chi connectivity index (χ0v) is 10.4. The van der Waals surface area contributed by atoms with Crippen LogP contribution in [0.15, 0.2) is 12.7 Å². The highest BCUT2D eigenvalue weighted by atomic mass is 16.5. The number of nitrogens with one attached hydrogen (secondary N) is 1. The first-order valence-corrected chi connectivity index (χ1v) is 6.23. The first-order chi connectivity index (χ1) is 8.79. The van der Waals surface area contributed by atoms with Gasteiger partial charge in [-0.15, -0.1) is 6.58 Å². The number of nitrogens with zero attached hydrogens (tertiary/aromatic N) is 3. The van der Waals surface area contributed by atoms with E-state index in [0.29, 0.717) is 31.6 Å². The van der Waals surface area contributed by atoms with Crippen LogP contribution in [0.1, 0.15) is 31.0 Å². The summed E-state index contributed by atoms with van der Waals surface area (Å²) in [5.74, 6) is 2.09. The van der Waals surface area contributed by atoms with Crippen LogP contribution in [0.2, 0.25) is 0 Å². The molecular formula is C12H19N5O. The third kappa shape index (κ3) is 3.96. The van der Waals surface area contributed by atoms with Crippen LogP contribution in [0.5, 0.6) is 0 Å². The minimum absolute atomic E-state index is 0.280. The topological polar surface area (TPSA) is 86.0 Å². The van der Waals surface area contributed by atoms with Gasteiger partial charge in [-0.25, -0.2) is 0 Å². The Labute approximate surface area is 107 Å². The fraction of sp³-hybridized carbons (Fsp3) is 0.583. The van der Waals surface area contributed by atoms with Gasteiger partial charge in [-0.2, -0.15) is 15.0 Å². The van der Waals surface area contributed by atoms with Crippen LogP contribution in [0.3, 0.4) is 0 Å². The average Bonchev–Trinajstić information content (AvgIpc) is 3.17. The van der Waals surface area contributed by atoms with Crippen LogP contribution < -0.4 is 11.1 Å². The fourth-order valence-corrected chi connectivity index (χ4v) is 1.52. The molecule has 0 bridgehead atoms. The summed E-state index contributed by atoms with van der Waals surface area (Å²) in [4.78, 5) is 12.5. The fourth-order valence-electron chi connectivity index (χ4n) is 1.52. The third-order valence-corrected chi connectivity index (χ3v) is 2.61. The Morgan fingerprint density at radius 1 is 1.33 bits per heavy atom. The first kappa shape index (κ1) is 12.8. The summed E-state index contributed by atoms with van der Waals surface area (Å²) in [6.07, 6.45) is 4.99. The number of ether oxygens (including phenoxy) is 1. The minimum atomic E-state index is 0.280. The molecular weight excluding hydrogens is 230 g/mol. The van der Waals surface area contributed by atoms with Gasteiger partial charge in [0, 0.05) is 12.5 Å². The van der Waals surface area contributed by atoms with Gasteiger partial charge in [0.2, 0.25) is 11.9 Å². The maximum Gasteiger partial charge on any atom is 0.227 e. The highest BCUT2D eigenvalue weighted by molar-refractivity contribution is 5.32. The molecule has 18 heavy (non-hydrogen) atoms. The minimum Gasteiger partial charge on any atom is -0.379 e. The van der Waals surface area contributed by atoms with Crippen LogP contribution in [0, 0.1) is 0 Å². The average molecular weight is 249 g/mol. The largest absolute Gasteiger partial charge is 0.379 e. The van der Waals surface area contributed by atoms with E-state index in [1.165, 1.54) is 0 Å². The lowest BCUT2D eigenvalue weighted by molar-refractivity contribution is 0.148. The SMILES string of the molecule is C=CCCOCCNc1nc(N)nc(C2CC2)n1. The third-order valence-electron chi connectivity index (χ3n) is 2.61. The lowest BCUT2D eigenvalue weighted by Crippen LogP contribution is -2.14. The van der Waals surface area contributed by atoms with E-state index in [1.54, 1.807) is 0 Å². The van der Waals surface area contributed by atoms with Gasteiger partial charge in [0.25, 0.3) is 0 Å². The molecule has 0 saturated heterocycles. The molecule has 1 aliphatic rings. The van der Waals surface area contributed by atoms with E-state index >= 15 is 0 Å². The number of rotatable bonds is 8. The van der Waals surface area contributed by atoms with Crippen molar-refractivity contribution in [1.29, 1.82) is 0 Å². The van der Waals surface area contributed by atoms with Gasteiger partial charge in [-0.1, -0.05) is 6.08 Å². The molecule has 1 aliphatic carbocycles. The Morgan fingerprint density at radius 2 is 2.17 bits per heavy atom. The van der Waals surface area contributed by atoms with Crippen LogP contribution in [-0.4, -0.2) is 34.7 Å². The normalized spacial score (nSPS) is 14.4. The number of anilines is 2. The number of aromatic nitrogens is 3. The van der Waals surface area contributed by atoms with Crippen molar-refractivity contribution in [2.24, 2.45) is 0 Å². The maximum atomic E-state index is 5.65. The molecule has 98 valence electrons. The predicted molar refractivity (Wildman–Crippen MR) is 70.3 cm³/mol. The second-order valence-corrected chi connectivity index (χ2v) is 4.27. The van der Waals surface area contributed by atoms with E-state index in [2.05, 4.69) is 26.8 Å². The molecule has 0 atom stereocenters. The number of hydrogen-bond acceptors (Lipinski definition) is 6. The molecule has 0 aliphatic heterocycles. The lowest BCUT2D eigenvalue weighted by atomic mass is 10.4. The Bertz CT molecular complexity index is 405. The molecule has 6 heteroatoms. The van der Waals surface area contributed by atoms with Gasteiger partial charge in [0.1, 0.15) is 5.82 Å². The number of hydrogen-bond donors (Lipinski definition) is 2. The van der Waals surface area contributed by atoms with E-state index in [9.17, 15) is 0 Å². The van der Waals surface area contributed by atoms with Crippen LogP contribution in [0.4, 0.5) is 11.9 Å². The lowest BCUT2D eigenvalue weighted by Gasteiger charge is -2.07. The monoisotopic (exact) mass is 249 g/mol. The molecule has 1 aromatic rings. The van der Waals surface area contributed by atoms with Crippen molar-refractivity contribution in [3.05, 3.63) is 18.5 Å². The molecule has 1 heterocycles. The summed E-state index contributed by atoms with van der Waals surface area (Å²) in [6, 6.07) is 0. The summed E-state index contributed by atoms with van der Waals surface area (Å²) in [5.41, 5.74) is 5.65. The van der Waals surface area contributed by atoms with Crippen molar-refractivity contribution in [2.45, 2.75) is 25.2 Å².